The number of nitrogens with zero attached hydrogens (tertiary/aromatic N) is 2. The topological polar surface area (TPSA) is 46.9 Å². The number of carbonyl (C=O) groups is 1. The summed E-state index contributed by atoms with van der Waals surface area (Å²) in [6.07, 6.45) is 5.41. The fraction of sp³-hybridized carbons (Fsp3) is 0.375. The maximum Gasteiger partial charge on any atom is 0.224 e. The van der Waals surface area contributed by atoms with Gasteiger partial charge in [-0.3, -0.25) is 4.79 Å². The predicted molar refractivity (Wildman–Crippen MR) is 77.0 cm³/mol. The smallest absolute Gasteiger partial charge is 0.224 e. The lowest BCUT2D eigenvalue weighted by Crippen LogP contribution is -2.36. The molecule has 1 aromatic heterocycles. The molecule has 104 valence electrons. The van der Waals surface area contributed by atoms with Crippen LogP contribution in [0.2, 0.25) is 0 Å². The first kappa shape index (κ1) is 12.9. The maximum absolute atomic E-state index is 12.4. The van der Waals surface area contributed by atoms with Crippen molar-refractivity contribution in [3.8, 4) is 0 Å². The molecule has 2 unspecified atom stereocenters. The molecule has 1 N–H and O–H groups in total. The molecule has 1 aliphatic rings. The molecule has 2 atom stereocenters. The van der Waals surface area contributed by atoms with E-state index in [2.05, 4.69) is 14.9 Å². The Morgan fingerprint density at radius 1 is 1.40 bits per heavy atom. The van der Waals surface area contributed by atoms with Gasteiger partial charge in [-0.15, -0.1) is 0 Å². The van der Waals surface area contributed by atoms with Crippen molar-refractivity contribution >= 4 is 5.91 Å². The van der Waals surface area contributed by atoms with E-state index in [-0.39, 0.29) is 17.9 Å². The highest BCUT2D eigenvalue weighted by molar-refractivity contribution is 5.79. The van der Waals surface area contributed by atoms with Crippen molar-refractivity contribution in [3.63, 3.8) is 0 Å². The molecule has 2 heterocycles. The second kappa shape index (κ2) is 5.49. The van der Waals surface area contributed by atoms with Gasteiger partial charge in [-0.25, -0.2) is 4.98 Å². The van der Waals surface area contributed by atoms with E-state index in [0.717, 1.165) is 30.8 Å². The van der Waals surface area contributed by atoms with Crippen molar-refractivity contribution in [2.45, 2.75) is 32.4 Å². The number of aromatic nitrogens is 2. The Labute approximate surface area is 118 Å². The predicted octanol–water partition coefficient (Wildman–Crippen LogP) is 2.32. The van der Waals surface area contributed by atoms with Crippen molar-refractivity contribution in [2.75, 3.05) is 0 Å². The Kier molecular flexibility index (Phi) is 3.54. The number of carbonyl (C=O) groups excluding carboxylic acids is 1. The molecule has 0 aliphatic carbocycles. The fourth-order valence-electron chi connectivity index (χ4n) is 2.73. The second-order valence-corrected chi connectivity index (χ2v) is 5.37. The summed E-state index contributed by atoms with van der Waals surface area (Å²) in [6, 6.07) is 10.1. The zero-order chi connectivity index (χ0) is 13.9. The average molecular weight is 269 g/mol. The van der Waals surface area contributed by atoms with E-state index >= 15 is 0 Å². The van der Waals surface area contributed by atoms with Gasteiger partial charge in [0.25, 0.3) is 0 Å². The average Bonchev–Trinajstić information content (AvgIpc) is 2.95. The number of hydrogen-bond donors (Lipinski definition) is 1. The zero-order valence-corrected chi connectivity index (χ0v) is 11.6. The highest BCUT2D eigenvalue weighted by atomic mass is 16.1. The van der Waals surface area contributed by atoms with Crippen molar-refractivity contribution in [2.24, 2.45) is 5.92 Å². The molecule has 2 aromatic rings. The van der Waals surface area contributed by atoms with E-state index in [4.69, 9.17) is 0 Å². The van der Waals surface area contributed by atoms with Gasteiger partial charge >= 0.3 is 0 Å². The number of hydrogen-bond acceptors (Lipinski definition) is 2. The Morgan fingerprint density at radius 2 is 2.20 bits per heavy atom. The van der Waals surface area contributed by atoms with Crippen LogP contribution in [0.25, 0.3) is 0 Å². The number of amides is 1. The Bertz CT molecular complexity index is 591. The molecule has 4 nitrogen and oxygen atoms in total. The number of aryl methyl sites for hydroxylation is 1. The summed E-state index contributed by atoms with van der Waals surface area (Å²) in [4.78, 5) is 16.7. The van der Waals surface area contributed by atoms with Crippen LogP contribution in [0.15, 0.2) is 42.7 Å². The first-order chi connectivity index (χ1) is 9.74. The van der Waals surface area contributed by atoms with Crippen LogP contribution in [0.1, 0.15) is 30.8 Å². The van der Waals surface area contributed by atoms with E-state index in [1.165, 1.54) is 0 Å². The van der Waals surface area contributed by atoms with Crippen LogP contribution >= 0.6 is 0 Å². The van der Waals surface area contributed by atoms with Crippen LogP contribution in [0.4, 0.5) is 0 Å². The van der Waals surface area contributed by atoms with E-state index in [0.29, 0.717) is 0 Å². The van der Waals surface area contributed by atoms with Gasteiger partial charge in [0, 0.05) is 31.3 Å². The van der Waals surface area contributed by atoms with Crippen LogP contribution < -0.4 is 5.32 Å². The third-order valence-electron chi connectivity index (χ3n) is 3.98. The third-order valence-corrected chi connectivity index (χ3v) is 3.98. The summed E-state index contributed by atoms with van der Waals surface area (Å²) in [7, 11) is 0. The van der Waals surface area contributed by atoms with Gasteiger partial charge in [-0.05, 0) is 18.9 Å². The number of benzene rings is 1. The SMILES string of the molecule is CC(NC(=O)C1CCn2ccnc2C1)c1ccccc1. The minimum atomic E-state index is 0.0380. The minimum Gasteiger partial charge on any atom is -0.349 e. The summed E-state index contributed by atoms with van der Waals surface area (Å²) in [5, 5.41) is 3.11. The Hall–Kier alpha value is -2.10. The maximum atomic E-state index is 12.4. The van der Waals surface area contributed by atoms with E-state index in [1.54, 1.807) is 0 Å². The summed E-state index contributed by atoms with van der Waals surface area (Å²) >= 11 is 0. The number of fused-ring (bicyclic) bond motifs is 1. The first-order valence-corrected chi connectivity index (χ1v) is 7.09. The van der Waals surface area contributed by atoms with E-state index in [1.807, 2.05) is 49.6 Å². The lowest BCUT2D eigenvalue weighted by Gasteiger charge is -2.24. The largest absolute Gasteiger partial charge is 0.349 e. The molecule has 0 saturated carbocycles. The van der Waals surface area contributed by atoms with Gasteiger partial charge in [0.2, 0.25) is 5.91 Å². The molecule has 0 saturated heterocycles. The van der Waals surface area contributed by atoms with Crippen LogP contribution in [0.3, 0.4) is 0 Å². The van der Waals surface area contributed by atoms with Crippen molar-refractivity contribution in [1.82, 2.24) is 14.9 Å². The number of nitrogens with one attached hydrogen (secondary N) is 1. The zero-order valence-electron chi connectivity index (χ0n) is 11.6. The third kappa shape index (κ3) is 2.59. The summed E-state index contributed by atoms with van der Waals surface area (Å²) in [6.45, 7) is 2.91. The molecule has 3 rings (SSSR count). The number of imidazole rings is 1. The van der Waals surface area contributed by atoms with Gasteiger partial charge in [0.15, 0.2) is 0 Å². The molecule has 0 spiro atoms. The number of rotatable bonds is 3. The van der Waals surface area contributed by atoms with Crippen molar-refractivity contribution in [3.05, 3.63) is 54.1 Å². The van der Waals surface area contributed by atoms with Crippen LogP contribution in [-0.4, -0.2) is 15.5 Å². The minimum absolute atomic E-state index is 0.0380. The molecule has 0 radical (unpaired) electrons. The van der Waals surface area contributed by atoms with Crippen LogP contribution in [-0.2, 0) is 17.8 Å². The molecule has 20 heavy (non-hydrogen) atoms. The molecular weight excluding hydrogens is 250 g/mol. The lowest BCUT2D eigenvalue weighted by atomic mass is 9.96. The molecule has 0 fully saturated rings. The normalized spacial score (nSPS) is 19.1. The standard InChI is InChI=1S/C16H19N3O/c1-12(13-5-3-2-4-6-13)18-16(20)14-7-9-19-10-8-17-15(19)11-14/h2-6,8,10,12,14H,7,9,11H2,1H3,(H,18,20). The highest BCUT2D eigenvalue weighted by Gasteiger charge is 2.26. The van der Waals surface area contributed by atoms with Crippen LogP contribution in [0.5, 0.6) is 0 Å². The van der Waals surface area contributed by atoms with Gasteiger partial charge in [-0.1, -0.05) is 30.3 Å². The summed E-state index contributed by atoms with van der Waals surface area (Å²) in [5.74, 6) is 1.19. The molecule has 0 bridgehead atoms. The fourth-order valence-corrected chi connectivity index (χ4v) is 2.73. The van der Waals surface area contributed by atoms with Gasteiger partial charge in [-0.2, -0.15) is 0 Å². The lowest BCUT2D eigenvalue weighted by molar-refractivity contribution is -0.126. The molecule has 1 amide bonds. The van der Waals surface area contributed by atoms with Crippen molar-refractivity contribution in [1.29, 1.82) is 0 Å². The monoisotopic (exact) mass is 269 g/mol. The van der Waals surface area contributed by atoms with E-state index < -0.39 is 0 Å². The Balaban J connectivity index is 1.63. The summed E-state index contributed by atoms with van der Waals surface area (Å²) < 4.78 is 2.13. The van der Waals surface area contributed by atoms with Gasteiger partial charge < -0.3 is 9.88 Å². The first-order valence-electron chi connectivity index (χ1n) is 7.09. The molecular formula is C16H19N3O. The van der Waals surface area contributed by atoms with E-state index in [9.17, 15) is 4.79 Å². The molecule has 4 heteroatoms. The Morgan fingerprint density at radius 3 is 3.00 bits per heavy atom. The van der Waals surface area contributed by atoms with Gasteiger partial charge in [0.1, 0.15) is 5.82 Å². The summed E-state index contributed by atoms with van der Waals surface area (Å²) in [5.41, 5.74) is 1.14. The van der Waals surface area contributed by atoms with Gasteiger partial charge in [0.05, 0.1) is 6.04 Å². The quantitative estimate of drug-likeness (QED) is 0.929. The molecule has 1 aliphatic heterocycles. The second-order valence-electron chi connectivity index (χ2n) is 5.37. The highest BCUT2D eigenvalue weighted by Crippen LogP contribution is 2.20. The van der Waals surface area contributed by atoms with Crippen LogP contribution in [0, 0.1) is 5.92 Å². The molecule has 1 aromatic carbocycles. The van der Waals surface area contributed by atoms with Crippen molar-refractivity contribution < 1.29 is 4.79 Å².